The molecule has 1 heterocycles. The molecule has 0 aromatic heterocycles. The number of rotatable bonds is 5. The largest absolute Gasteiger partial charge is 0.298 e. The van der Waals surface area contributed by atoms with E-state index >= 15 is 0 Å². The van der Waals surface area contributed by atoms with Gasteiger partial charge in [0.1, 0.15) is 0 Å². The van der Waals surface area contributed by atoms with Gasteiger partial charge in [0.25, 0.3) is 0 Å². The Kier molecular flexibility index (Phi) is 5.18. The van der Waals surface area contributed by atoms with Crippen molar-refractivity contribution in [2.75, 3.05) is 26.2 Å². The molecule has 112 valence electrons. The Morgan fingerprint density at radius 3 is 2.05 bits per heavy atom. The van der Waals surface area contributed by atoms with Gasteiger partial charge >= 0.3 is 0 Å². The second-order valence-electron chi connectivity index (χ2n) is 5.22. The molecule has 0 amide bonds. The minimum absolute atomic E-state index is 0.399. The van der Waals surface area contributed by atoms with Crippen LogP contribution in [0.2, 0.25) is 0 Å². The van der Waals surface area contributed by atoms with Gasteiger partial charge in [0.15, 0.2) is 0 Å². The van der Waals surface area contributed by atoms with Gasteiger partial charge in [-0.25, -0.2) is 8.42 Å². The highest BCUT2D eigenvalue weighted by atomic mass is 32.2. The van der Waals surface area contributed by atoms with Crippen LogP contribution in [0.3, 0.4) is 0 Å². The SMILES string of the molecule is CCC(CC)N1CCN(S(=O)(=O)c2ccccc2)CC1. The van der Waals surface area contributed by atoms with Gasteiger partial charge in [0, 0.05) is 32.2 Å². The first-order valence-electron chi connectivity index (χ1n) is 7.38. The number of benzene rings is 1. The maximum absolute atomic E-state index is 12.5. The number of piperazine rings is 1. The summed E-state index contributed by atoms with van der Waals surface area (Å²) in [4.78, 5) is 2.81. The van der Waals surface area contributed by atoms with Gasteiger partial charge in [-0.1, -0.05) is 32.0 Å². The second-order valence-corrected chi connectivity index (χ2v) is 7.16. The first kappa shape index (κ1) is 15.5. The van der Waals surface area contributed by atoms with Crippen LogP contribution >= 0.6 is 0 Å². The van der Waals surface area contributed by atoms with Crippen molar-refractivity contribution in [2.24, 2.45) is 0 Å². The van der Waals surface area contributed by atoms with Crippen molar-refractivity contribution in [3.05, 3.63) is 30.3 Å². The van der Waals surface area contributed by atoms with Crippen molar-refractivity contribution in [3.63, 3.8) is 0 Å². The van der Waals surface area contributed by atoms with Gasteiger partial charge in [-0.3, -0.25) is 4.90 Å². The van der Waals surface area contributed by atoms with E-state index in [-0.39, 0.29) is 0 Å². The Balaban J connectivity index is 2.04. The third kappa shape index (κ3) is 3.22. The van der Waals surface area contributed by atoms with Crippen molar-refractivity contribution in [3.8, 4) is 0 Å². The molecule has 1 fully saturated rings. The molecule has 4 nitrogen and oxygen atoms in total. The quantitative estimate of drug-likeness (QED) is 0.836. The van der Waals surface area contributed by atoms with E-state index in [2.05, 4.69) is 18.7 Å². The smallest absolute Gasteiger partial charge is 0.243 e. The first-order valence-corrected chi connectivity index (χ1v) is 8.82. The fraction of sp³-hybridized carbons (Fsp3) is 0.600. The van der Waals surface area contributed by atoms with Crippen molar-refractivity contribution < 1.29 is 8.42 Å². The lowest BCUT2D eigenvalue weighted by Crippen LogP contribution is -2.51. The van der Waals surface area contributed by atoms with Crippen LogP contribution < -0.4 is 0 Å². The normalized spacial score (nSPS) is 18.6. The molecule has 0 atom stereocenters. The van der Waals surface area contributed by atoms with E-state index in [0.717, 1.165) is 25.9 Å². The van der Waals surface area contributed by atoms with E-state index in [1.54, 1.807) is 28.6 Å². The average molecular weight is 296 g/mol. The minimum Gasteiger partial charge on any atom is -0.298 e. The summed E-state index contributed by atoms with van der Waals surface area (Å²) in [6.07, 6.45) is 2.25. The van der Waals surface area contributed by atoms with Crippen LogP contribution in [0.4, 0.5) is 0 Å². The van der Waals surface area contributed by atoms with E-state index in [1.807, 2.05) is 6.07 Å². The summed E-state index contributed by atoms with van der Waals surface area (Å²) >= 11 is 0. The monoisotopic (exact) mass is 296 g/mol. The number of nitrogens with zero attached hydrogens (tertiary/aromatic N) is 2. The molecular formula is C15H24N2O2S. The fourth-order valence-electron chi connectivity index (χ4n) is 2.86. The van der Waals surface area contributed by atoms with Crippen molar-refractivity contribution in [1.82, 2.24) is 9.21 Å². The third-order valence-electron chi connectivity index (χ3n) is 4.11. The van der Waals surface area contributed by atoms with Crippen molar-refractivity contribution in [1.29, 1.82) is 0 Å². The van der Waals surface area contributed by atoms with Gasteiger partial charge in [-0.15, -0.1) is 0 Å². The molecule has 2 rings (SSSR count). The summed E-state index contributed by atoms with van der Waals surface area (Å²) in [6.45, 7) is 7.24. The highest BCUT2D eigenvalue weighted by Gasteiger charge is 2.29. The minimum atomic E-state index is -3.32. The van der Waals surface area contributed by atoms with Crippen LogP contribution in [0, 0.1) is 0 Å². The highest BCUT2D eigenvalue weighted by Crippen LogP contribution is 2.19. The van der Waals surface area contributed by atoms with Crippen LogP contribution in [0.1, 0.15) is 26.7 Å². The summed E-state index contributed by atoms with van der Waals surface area (Å²) in [7, 11) is -3.32. The zero-order valence-electron chi connectivity index (χ0n) is 12.3. The summed E-state index contributed by atoms with van der Waals surface area (Å²) in [6, 6.07) is 9.30. The molecule has 1 aromatic rings. The molecular weight excluding hydrogens is 272 g/mol. The third-order valence-corrected chi connectivity index (χ3v) is 6.03. The molecule has 0 spiro atoms. The molecule has 1 aliphatic heterocycles. The predicted octanol–water partition coefficient (Wildman–Crippen LogP) is 2.18. The van der Waals surface area contributed by atoms with Crippen molar-refractivity contribution >= 4 is 10.0 Å². The molecule has 0 unspecified atom stereocenters. The Morgan fingerprint density at radius 2 is 1.55 bits per heavy atom. The second kappa shape index (κ2) is 6.70. The lowest BCUT2D eigenvalue weighted by molar-refractivity contribution is 0.130. The zero-order valence-corrected chi connectivity index (χ0v) is 13.1. The summed E-state index contributed by atoms with van der Waals surface area (Å²) in [5, 5.41) is 0. The molecule has 0 saturated carbocycles. The number of hydrogen-bond acceptors (Lipinski definition) is 3. The van der Waals surface area contributed by atoms with Crippen molar-refractivity contribution in [2.45, 2.75) is 37.6 Å². The molecule has 5 heteroatoms. The Hall–Kier alpha value is -0.910. The van der Waals surface area contributed by atoms with Gasteiger partial charge in [-0.2, -0.15) is 4.31 Å². The van der Waals surface area contributed by atoms with Crippen LogP contribution in [0.5, 0.6) is 0 Å². The molecule has 1 saturated heterocycles. The van der Waals surface area contributed by atoms with E-state index < -0.39 is 10.0 Å². The van der Waals surface area contributed by atoms with Gasteiger partial charge in [0.2, 0.25) is 10.0 Å². The van der Waals surface area contributed by atoms with Gasteiger partial charge < -0.3 is 0 Å². The lowest BCUT2D eigenvalue weighted by Gasteiger charge is -2.38. The summed E-state index contributed by atoms with van der Waals surface area (Å²) in [5.41, 5.74) is 0. The average Bonchev–Trinajstić information content (AvgIpc) is 2.50. The Labute approximate surface area is 122 Å². The Bertz CT molecular complexity index is 504. The van der Waals surface area contributed by atoms with Gasteiger partial charge in [0.05, 0.1) is 4.90 Å². The van der Waals surface area contributed by atoms with E-state index in [9.17, 15) is 8.42 Å². The maximum Gasteiger partial charge on any atom is 0.243 e. The molecule has 0 bridgehead atoms. The maximum atomic E-state index is 12.5. The molecule has 0 N–H and O–H groups in total. The highest BCUT2D eigenvalue weighted by molar-refractivity contribution is 7.89. The Morgan fingerprint density at radius 1 is 1.00 bits per heavy atom. The van der Waals surface area contributed by atoms with Crippen LogP contribution in [-0.4, -0.2) is 49.8 Å². The number of sulfonamides is 1. The van der Waals surface area contributed by atoms with Crippen LogP contribution in [0.25, 0.3) is 0 Å². The van der Waals surface area contributed by atoms with E-state index in [4.69, 9.17) is 0 Å². The lowest BCUT2D eigenvalue weighted by atomic mass is 10.1. The fourth-order valence-corrected chi connectivity index (χ4v) is 4.30. The van der Waals surface area contributed by atoms with E-state index in [0.29, 0.717) is 24.0 Å². The van der Waals surface area contributed by atoms with Crippen LogP contribution in [0.15, 0.2) is 35.2 Å². The molecule has 1 aliphatic rings. The molecule has 20 heavy (non-hydrogen) atoms. The zero-order chi connectivity index (χ0) is 14.6. The molecule has 1 aromatic carbocycles. The van der Waals surface area contributed by atoms with Gasteiger partial charge in [-0.05, 0) is 25.0 Å². The topological polar surface area (TPSA) is 40.6 Å². The predicted molar refractivity (Wildman–Crippen MR) is 81.1 cm³/mol. The van der Waals surface area contributed by atoms with Crippen LogP contribution in [-0.2, 0) is 10.0 Å². The molecule has 0 aliphatic carbocycles. The van der Waals surface area contributed by atoms with E-state index in [1.165, 1.54) is 0 Å². The number of hydrogen-bond donors (Lipinski definition) is 0. The standard InChI is InChI=1S/C15H24N2O2S/c1-3-14(4-2)16-10-12-17(13-11-16)20(18,19)15-8-6-5-7-9-15/h5-9,14H,3-4,10-13H2,1-2H3. The molecule has 0 radical (unpaired) electrons. The first-order chi connectivity index (χ1) is 9.59. The summed E-state index contributed by atoms with van der Waals surface area (Å²) in [5.74, 6) is 0. The summed E-state index contributed by atoms with van der Waals surface area (Å²) < 4.78 is 26.6.